The first-order valence-electron chi connectivity index (χ1n) is 9.96. The van der Waals surface area contributed by atoms with Crippen molar-refractivity contribution in [1.29, 1.82) is 0 Å². The first kappa shape index (κ1) is 23.8. The molecule has 3 aromatic rings. The molecule has 0 aliphatic heterocycles. The smallest absolute Gasteiger partial charge is 0.279 e. The minimum absolute atomic E-state index is 0.0945. The van der Waals surface area contributed by atoms with Gasteiger partial charge in [0, 0.05) is 31.8 Å². The second-order valence-electron chi connectivity index (χ2n) is 7.43. The molecule has 0 bridgehead atoms. The molecule has 8 nitrogen and oxygen atoms in total. The maximum atomic E-state index is 12.9. The SMILES string of the molecule is COCCn1c(=NC(=O)c2cccc(S(=O)(=O)C(C)C)c2)sc2cc(NC(C)=O)ccc21. The molecule has 3 rings (SSSR count). The largest absolute Gasteiger partial charge is 0.383 e. The number of nitrogens with one attached hydrogen (secondary N) is 1. The van der Waals surface area contributed by atoms with Crippen molar-refractivity contribution in [3.8, 4) is 0 Å². The molecule has 1 heterocycles. The van der Waals surface area contributed by atoms with Crippen LogP contribution in [-0.4, -0.2) is 43.8 Å². The van der Waals surface area contributed by atoms with Crippen LogP contribution in [-0.2, 0) is 25.9 Å². The Morgan fingerprint density at radius 1 is 1.19 bits per heavy atom. The fraction of sp³-hybridized carbons (Fsp3) is 0.318. The molecule has 2 amide bonds. The van der Waals surface area contributed by atoms with Crippen molar-refractivity contribution in [2.24, 2.45) is 4.99 Å². The summed E-state index contributed by atoms with van der Waals surface area (Å²) in [5, 5.41) is 2.15. The van der Waals surface area contributed by atoms with Crippen LogP contribution in [0.15, 0.2) is 52.4 Å². The highest BCUT2D eigenvalue weighted by Gasteiger charge is 2.20. The number of ether oxygens (including phenoxy) is 1. The molecule has 0 atom stereocenters. The number of carbonyl (C=O) groups is 2. The molecule has 0 radical (unpaired) electrons. The second-order valence-corrected chi connectivity index (χ2v) is 10.9. The van der Waals surface area contributed by atoms with Gasteiger partial charge in [0.25, 0.3) is 5.91 Å². The van der Waals surface area contributed by atoms with Gasteiger partial charge < -0.3 is 14.6 Å². The minimum atomic E-state index is -3.51. The number of sulfone groups is 1. The maximum Gasteiger partial charge on any atom is 0.279 e. The molecule has 0 aliphatic rings. The molecule has 0 saturated carbocycles. The van der Waals surface area contributed by atoms with Crippen LogP contribution in [0.4, 0.5) is 5.69 Å². The summed E-state index contributed by atoms with van der Waals surface area (Å²) in [4.78, 5) is 29.1. The van der Waals surface area contributed by atoms with Gasteiger partial charge in [-0.25, -0.2) is 8.42 Å². The monoisotopic (exact) mass is 475 g/mol. The van der Waals surface area contributed by atoms with Gasteiger partial charge >= 0.3 is 0 Å². The number of nitrogens with zero attached hydrogens (tertiary/aromatic N) is 2. The van der Waals surface area contributed by atoms with Gasteiger partial charge in [-0.1, -0.05) is 17.4 Å². The van der Waals surface area contributed by atoms with Crippen molar-refractivity contribution in [3.63, 3.8) is 0 Å². The summed E-state index contributed by atoms with van der Waals surface area (Å²) in [6, 6.07) is 11.4. The average molecular weight is 476 g/mol. The summed E-state index contributed by atoms with van der Waals surface area (Å²) in [6.45, 7) is 5.52. The Balaban J connectivity index is 2.08. The molecular weight excluding hydrogens is 450 g/mol. The molecule has 1 N–H and O–H groups in total. The summed E-state index contributed by atoms with van der Waals surface area (Å²) in [6.07, 6.45) is 0. The fourth-order valence-electron chi connectivity index (χ4n) is 3.07. The molecule has 0 spiro atoms. The lowest BCUT2D eigenvalue weighted by molar-refractivity contribution is -0.114. The van der Waals surface area contributed by atoms with E-state index < -0.39 is 21.0 Å². The first-order chi connectivity index (χ1) is 15.1. The van der Waals surface area contributed by atoms with Gasteiger partial charge in [-0.2, -0.15) is 4.99 Å². The van der Waals surface area contributed by atoms with E-state index in [1.807, 2.05) is 16.7 Å². The van der Waals surface area contributed by atoms with Crippen LogP contribution in [0.25, 0.3) is 10.2 Å². The Morgan fingerprint density at radius 2 is 1.94 bits per heavy atom. The number of anilines is 1. The number of hydrogen-bond acceptors (Lipinski definition) is 6. The minimum Gasteiger partial charge on any atom is -0.383 e. The molecule has 2 aromatic carbocycles. The van der Waals surface area contributed by atoms with Gasteiger partial charge in [-0.05, 0) is 50.2 Å². The molecule has 0 fully saturated rings. The van der Waals surface area contributed by atoms with Crippen LogP contribution >= 0.6 is 11.3 Å². The van der Waals surface area contributed by atoms with Crippen molar-refractivity contribution in [3.05, 3.63) is 52.8 Å². The number of rotatable bonds is 7. The summed E-state index contributed by atoms with van der Waals surface area (Å²) in [7, 11) is -1.92. The van der Waals surface area contributed by atoms with Crippen molar-refractivity contribution in [2.75, 3.05) is 19.0 Å². The van der Waals surface area contributed by atoms with E-state index in [0.29, 0.717) is 23.6 Å². The van der Waals surface area contributed by atoms with E-state index >= 15 is 0 Å². The zero-order chi connectivity index (χ0) is 23.5. The van der Waals surface area contributed by atoms with Crippen LogP contribution in [0.2, 0.25) is 0 Å². The number of aromatic nitrogens is 1. The highest BCUT2D eigenvalue weighted by molar-refractivity contribution is 7.92. The number of methoxy groups -OCH3 is 1. The van der Waals surface area contributed by atoms with Gasteiger partial charge in [0.2, 0.25) is 5.91 Å². The lowest BCUT2D eigenvalue weighted by Crippen LogP contribution is -2.19. The van der Waals surface area contributed by atoms with Crippen molar-refractivity contribution >= 4 is 48.9 Å². The normalized spacial score (nSPS) is 12.5. The topological polar surface area (TPSA) is 107 Å². The number of benzene rings is 2. The Morgan fingerprint density at radius 3 is 2.59 bits per heavy atom. The third kappa shape index (κ3) is 5.14. The molecule has 1 aromatic heterocycles. The molecule has 170 valence electrons. The summed E-state index contributed by atoms with van der Waals surface area (Å²) < 4.78 is 32.9. The van der Waals surface area contributed by atoms with E-state index in [0.717, 1.165) is 10.2 Å². The van der Waals surface area contributed by atoms with E-state index in [1.165, 1.54) is 30.4 Å². The highest BCUT2D eigenvalue weighted by Crippen LogP contribution is 2.23. The zero-order valence-electron chi connectivity index (χ0n) is 18.3. The van der Waals surface area contributed by atoms with Crippen LogP contribution in [0, 0.1) is 0 Å². The number of thiazole rings is 1. The van der Waals surface area contributed by atoms with Crippen LogP contribution in [0.3, 0.4) is 0 Å². The van der Waals surface area contributed by atoms with E-state index in [2.05, 4.69) is 10.3 Å². The fourth-order valence-corrected chi connectivity index (χ4v) is 5.27. The second kappa shape index (κ2) is 9.76. The first-order valence-corrected chi connectivity index (χ1v) is 12.3. The van der Waals surface area contributed by atoms with E-state index in [1.54, 1.807) is 39.2 Å². The third-order valence-electron chi connectivity index (χ3n) is 4.75. The maximum absolute atomic E-state index is 12.9. The van der Waals surface area contributed by atoms with Gasteiger partial charge in [-0.3, -0.25) is 9.59 Å². The standard InChI is InChI=1S/C22H25N3O5S2/c1-14(2)32(28,29)18-7-5-6-16(12-18)21(27)24-22-25(10-11-30-4)19-9-8-17(23-15(3)26)13-20(19)31-22/h5-9,12-14H,10-11H2,1-4H3,(H,23,26). The van der Waals surface area contributed by atoms with Crippen LogP contribution in [0.1, 0.15) is 31.1 Å². The van der Waals surface area contributed by atoms with Gasteiger partial charge in [0.15, 0.2) is 14.6 Å². The lowest BCUT2D eigenvalue weighted by Gasteiger charge is -2.08. The molecule has 0 unspecified atom stereocenters. The lowest BCUT2D eigenvalue weighted by atomic mass is 10.2. The van der Waals surface area contributed by atoms with Gasteiger partial charge in [0.1, 0.15) is 0 Å². The molecular formula is C22H25N3O5S2. The van der Waals surface area contributed by atoms with Gasteiger partial charge in [0.05, 0.1) is 27.0 Å². The number of fused-ring (bicyclic) bond motifs is 1. The van der Waals surface area contributed by atoms with Crippen LogP contribution in [0.5, 0.6) is 0 Å². The van der Waals surface area contributed by atoms with Gasteiger partial charge in [-0.15, -0.1) is 0 Å². The van der Waals surface area contributed by atoms with E-state index in [4.69, 9.17) is 4.74 Å². The van der Waals surface area contributed by atoms with E-state index in [9.17, 15) is 18.0 Å². The number of amides is 2. The Bertz CT molecular complexity index is 1340. The predicted octanol–water partition coefficient (Wildman–Crippen LogP) is 3.23. The molecule has 10 heteroatoms. The van der Waals surface area contributed by atoms with E-state index in [-0.39, 0.29) is 16.4 Å². The molecule has 0 aliphatic carbocycles. The summed E-state index contributed by atoms with van der Waals surface area (Å²) in [5.41, 5.74) is 1.69. The number of carbonyl (C=O) groups excluding carboxylic acids is 2. The van der Waals surface area contributed by atoms with Crippen LogP contribution < -0.4 is 10.1 Å². The molecule has 32 heavy (non-hydrogen) atoms. The summed E-state index contributed by atoms with van der Waals surface area (Å²) >= 11 is 1.30. The average Bonchev–Trinajstić information content (AvgIpc) is 3.07. The van der Waals surface area contributed by atoms with Crippen molar-refractivity contribution in [1.82, 2.24) is 4.57 Å². The highest BCUT2D eigenvalue weighted by atomic mass is 32.2. The van der Waals surface area contributed by atoms with Crippen molar-refractivity contribution in [2.45, 2.75) is 37.5 Å². The third-order valence-corrected chi connectivity index (χ3v) is 7.94. The number of hydrogen-bond donors (Lipinski definition) is 1. The molecule has 0 saturated heterocycles. The predicted molar refractivity (Wildman–Crippen MR) is 125 cm³/mol. The summed E-state index contributed by atoms with van der Waals surface area (Å²) in [5.74, 6) is -0.713. The quantitative estimate of drug-likeness (QED) is 0.565. The Labute approximate surface area is 190 Å². The Kier molecular flexibility index (Phi) is 7.27. The Hall–Kier alpha value is -2.82. The zero-order valence-corrected chi connectivity index (χ0v) is 19.9. The van der Waals surface area contributed by atoms with Crippen molar-refractivity contribution < 1.29 is 22.7 Å².